The Balaban J connectivity index is 2.00. The van der Waals surface area contributed by atoms with Crippen LogP contribution in [0.4, 0.5) is 0 Å². The summed E-state index contributed by atoms with van der Waals surface area (Å²) in [5.41, 5.74) is 1.69. The van der Waals surface area contributed by atoms with E-state index < -0.39 is 0 Å². The fourth-order valence-electron chi connectivity index (χ4n) is 2.27. The molecule has 1 aromatic heterocycles. The van der Waals surface area contributed by atoms with Gasteiger partial charge in [-0.2, -0.15) is 0 Å². The minimum absolute atomic E-state index is 0.0352. The highest BCUT2D eigenvalue weighted by Crippen LogP contribution is 2.13. The number of nitrogens with zero attached hydrogens (tertiary/aromatic N) is 2. The van der Waals surface area contributed by atoms with Crippen molar-refractivity contribution in [3.05, 3.63) is 54.4 Å². The van der Waals surface area contributed by atoms with Gasteiger partial charge < -0.3 is 14.6 Å². The molecule has 112 valence electrons. The third kappa shape index (κ3) is 4.20. The highest BCUT2D eigenvalue weighted by molar-refractivity contribution is 5.94. The molecule has 2 rings (SSSR count). The van der Waals surface area contributed by atoms with E-state index in [0.29, 0.717) is 12.1 Å². The monoisotopic (exact) mass is 286 g/mol. The second-order valence-electron chi connectivity index (χ2n) is 5.15. The van der Waals surface area contributed by atoms with Crippen molar-refractivity contribution in [1.29, 1.82) is 0 Å². The summed E-state index contributed by atoms with van der Waals surface area (Å²) >= 11 is 0. The van der Waals surface area contributed by atoms with Gasteiger partial charge in [-0.15, -0.1) is 0 Å². The van der Waals surface area contributed by atoms with Gasteiger partial charge in [-0.25, -0.2) is 0 Å². The molecular weight excluding hydrogens is 264 g/mol. The van der Waals surface area contributed by atoms with Crippen molar-refractivity contribution >= 4 is 5.91 Å². The molecule has 4 nitrogen and oxygen atoms in total. The van der Waals surface area contributed by atoms with Crippen molar-refractivity contribution in [3.63, 3.8) is 0 Å². The lowest BCUT2D eigenvalue weighted by atomic mass is 10.1. The lowest BCUT2D eigenvalue weighted by molar-refractivity contribution is 0.0792. The van der Waals surface area contributed by atoms with Crippen molar-refractivity contribution in [2.24, 2.45) is 0 Å². The number of amides is 1. The average Bonchev–Trinajstić information content (AvgIpc) is 3.05. The van der Waals surface area contributed by atoms with E-state index in [-0.39, 0.29) is 12.5 Å². The molecule has 0 spiro atoms. The SMILES string of the molecule is CN(CCCCCO)C(=O)c1cccc(-n2cccc2)c1. The van der Waals surface area contributed by atoms with Crippen LogP contribution < -0.4 is 0 Å². The zero-order chi connectivity index (χ0) is 15.1. The van der Waals surface area contributed by atoms with Crippen molar-refractivity contribution in [2.45, 2.75) is 19.3 Å². The number of hydrogen-bond donors (Lipinski definition) is 1. The number of benzene rings is 1. The van der Waals surface area contributed by atoms with Gasteiger partial charge in [0.1, 0.15) is 0 Å². The van der Waals surface area contributed by atoms with E-state index in [2.05, 4.69) is 0 Å². The van der Waals surface area contributed by atoms with Crippen LogP contribution in [0.5, 0.6) is 0 Å². The van der Waals surface area contributed by atoms with Gasteiger partial charge in [-0.05, 0) is 49.6 Å². The maximum absolute atomic E-state index is 12.4. The number of carbonyl (C=O) groups excluding carboxylic acids is 1. The number of carbonyl (C=O) groups is 1. The molecule has 0 aliphatic carbocycles. The molecule has 1 amide bonds. The molecule has 0 aliphatic heterocycles. The van der Waals surface area contributed by atoms with Crippen LogP contribution in [-0.2, 0) is 0 Å². The lowest BCUT2D eigenvalue weighted by Crippen LogP contribution is -2.27. The summed E-state index contributed by atoms with van der Waals surface area (Å²) in [6, 6.07) is 11.6. The van der Waals surface area contributed by atoms with E-state index in [1.807, 2.05) is 60.4 Å². The van der Waals surface area contributed by atoms with E-state index in [1.165, 1.54) is 0 Å². The molecule has 0 bridgehead atoms. The summed E-state index contributed by atoms with van der Waals surface area (Å²) < 4.78 is 1.98. The first kappa shape index (κ1) is 15.3. The number of hydrogen-bond acceptors (Lipinski definition) is 2. The van der Waals surface area contributed by atoms with Gasteiger partial charge in [-0.3, -0.25) is 4.79 Å². The van der Waals surface area contributed by atoms with Crippen LogP contribution in [0.1, 0.15) is 29.6 Å². The molecule has 0 saturated carbocycles. The molecule has 0 radical (unpaired) electrons. The molecule has 0 fully saturated rings. The maximum Gasteiger partial charge on any atom is 0.253 e. The third-order valence-electron chi connectivity index (χ3n) is 3.49. The zero-order valence-electron chi connectivity index (χ0n) is 12.4. The zero-order valence-corrected chi connectivity index (χ0v) is 12.4. The first-order chi connectivity index (χ1) is 10.2. The summed E-state index contributed by atoms with van der Waals surface area (Å²) in [6.07, 6.45) is 6.58. The highest BCUT2D eigenvalue weighted by Gasteiger charge is 2.11. The predicted molar refractivity (Wildman–Crippen MR) is 83.7 cm³/mol. The van der Waals surface area contributed by atoms with Crippen LogP contribution >= 0.6 is 0 Å². The van der Waals surface area contributed by atoms with Gasteiger partial charge in [0.15, 0.2) is 0 Å². The first-order valence-electron chi connectivity index (χ1n) is 7.32. The van der Waals surface area contributed by atoms with Crippen molar-refractivity contribution < 1.29 is 9.90 Å². The molecule has 21 heavy (non-hydrogen) atoms. The smallest absolute Gasteiger partial charge is 0.253 e. The Bertz CT molecular complexity index is 564. The van der Waals surface area contributed by atoms with E-state index in [0.717, 1.165) is 24.9 Å². The Hall–Kier alpha value is -2.07. The van der Waals surface area contributed by atoms with Gasteiger partial charge >= 0.3 is 0 Å². The Kier molecular flexibility index (Phi) is 5.58. The topological polar surface area (TPSA) is 45.5 Å². The molecule has 1 heterocycles. The van der Waals surface area contributed by atoms with E-state index >= 15 is 0 Å². The number of aliphatic hydroxyl groups excluding tert-OH is 1. The second kappa shape index (κ2) is 7.64. The van der Waals surface area contributed by atoms with Crippen LogP contribution in [0.15, 0.2) is 48.8 Å². The molecule has 1 aromatic carbocycles. The first-order valence-corrected chi connectivity index (χ1v) is 7.32. The molecule has 0 aliphatic rings. The maximum atomic E-state index is 12.4. The summed E-state index contributed by atoms with van der Waals surface area (Å²) in [6.45, 7) is 0.934. The largest absolute Gasteiger partial charge is 0.396 e. The normalized spacial score (nSPS) is 10.6. The Morgan fingerprint density at radius 3 is 2.62 bits per heavy atom. The molecule has 0 unspecified atom stereocenters. The van der Waals surface area contributed by atoms with Crippen molar-refractivity contribution in [3.8, 4) is 5.69 Å². The fraction of sp³-hybridized carbons (Fsp3) is 0.353. The van der Waals surface area contributed by atoms with Crippen LogP contribution in [-0.4, -0.2) is 40.7 Å². The highest BCUT2D eigenvalue weighted by atomic mass is 16.2. The number of aromatic nitrogens is 1. The van der Waals surface area contributed by atoms with Gasteiger partial charge in [0.25, 0.3) is 5.91 Å². The molecule has 4 heteroatoms. The van der Waals surface area contributed by atoms with E-state index in [9.17, 15) is 4.79 Å². The van der Waals surface area contributed by atoms with E-state index in [4.69, 9.17) is 5.11 Å². The molecule has 1 N–H and O–H groups in total. The number of rotatable bonds is 7. The minimum atomic E-state index is 0.0352. The van der Waals surface area contributed by atoms with Crippen molar-refractivity contribution in [2.75, 3.05) is 20.2 Å². The molecular formula is C17H22N2O2. The summed E-state index contributed by atoms with van der Waals surface area (Å²) in [7, 11) is 1.82. The average molecular weight is 286 g/mol. The number of unbranched alkanes of at least 4 members (excludes halogenated alkanes) is 2. The number of aliphatic hydroxyl groups is 1. The Morgan fingerprint density at radius 2 is 1.90 bits per heavy atom. The fourth-order valence-corrected chi connectivity index (χ4v) is 2.27. The molecule has 0 saturated heterocycles. The standard InChI is InChI=1S/C17H22N2O2/c1-18(10-3-2-6-13-20)17(21)15-8-7-9-16(14-15)19-11-4-5-12-19/h4-5,7-9,11-12,14,20H,2-3,6,10,13H2,1H3. The predicted octanol–water partition coefficient (Wildman–Crippen LogP) is 2.71. The second-order valence-corrected chi connectivity index (χ2v) is 5.15. The summed E-state index contributed by atoms with van der Waals surface area (Å²) in [5.74, 6) is 0.0352. The third-order valence-corrected chi connectivity index (χ3v) is 3.49. The quantitative estimate of drug-likeness (QED) is 0.795. The summed E-state index contributed by atoms with van der Waals surface area (Å²) in [4.78, 5) is 14.1. The molecule has 2 aromatic rings. The van der Waals surface area contributed by atoms with Gasteiger partial charge in [-0.1, -0.05) is 6.07 Å². The Labute approximate surface area is 125 Å². The lowest BCUT2D eigenvalue weighted by Gasteiger charge is -2.17. The van der Waals surface area contributed by atoms with Crippen LogP contribution in [0.2, 0.25) is 0 Å². The van der Waals surface area contributed by atoms with Crippen LogP contribution in [0.3, 0.4) is 0 Å². The molecule has 0 atom stereocenters. The van der Waals surface area contributed by atoms with E-state index in [1.54, 1.807) is 4.90 Å². The Morgan fingerprint density at radius 1 is 1.14 bits per heavy atom. The van der Waals surface area contributed by atoms with Crippen LogP contribution in [0, 0.1) is 0 Å². The van der Waals surface area contributed by atoms with Gasteiger partial charge in [0, 0.05) is 43.8 Å². The van der Waals surface area contributed by atoms with Gasteiger partial charge in [0.05, 0.1) is 0 Å². The summed E-state index contributed by atoms with van der Waals surface area (Å²) in [5, 5.41) is 8.76. The van der Waals surface area contributed by atoms with Crippen LogP contribution in [0.25, 0.3) is 5.69 Å². The van der Waals surface area contributed by atoms with Gasteiger partial charge in [0.2, 0.25) is 0 Å². The minimum Gasteiger partial charge on any atom is -0.396 e. The van der Waals surface area contributed by atoms with Crippen molar-refractivity contribution in [1.82, 2.24) is 9.47 Å².